The van der Waals surface area contributed by atoms with Crippen LogP contribution in [0.5, 0.6) is 11.5 Å². The van der Waals surface area contributed by atoms with Crippen LogP contribution in [0.15, 0.2) is 42.5 Å². The van der Waals surface area contributed by atoms with Gasteiger partial charge in [0.15, 0.2) is 0 Å². The molecule has 27 heavy (non-hydrogen) atoms. The van der Waals surface area contributed by atoms with Crippen LogP contribution in [0, 0.1) is 0 Å². The molecule has 1 heterocycles. The Morgan fingerprint density at radius 2 is 1.85 bits per heavy atom. The minimum Gasteiger partial charge on any atom is -0.497 e. The summed E-state index contributed by atoms with van der Waals surface area (Å²) in [7, 11) is 3.12. The van der Waals surface area contributed by atoms with Gasteiger partial charge in [-0.3, -0.25) is 9.59 Å². The van der Waals surface area contributed by atoms with E-state index >= 15 is 0 Å². The van der Waals surface area contributed by atoms with E-state index in [1.54, 1.807) is 73.4 Å². The molecule has 0 aliphatic carbocycles. The van der Waals surface area contributed by atoms with Gasteiger partial charge >= 0.3 is 0 Å². The fraction of sp³-hybridized carbons (Fsp3) is 0.300. The number of halogens is 1. The van der Waals surface area contributed by atoms with Crippen molar-refractivity contribution in [1.29, 1.82) is 0 Å². The normalized spacial score (nSPS) is 17.0. The first kappa shape index (κ1) is 19.0. The van der Waals surface area contributed by atoms with Gasteiger partial charge in [0.25, 0.3) is 5.91 Å². The maximum Gasteiger partial charge on any atom is 0.256 e. The van der Waals surface area contributed by atoms with Gasteiger partial charge in [-0.1, -0.05) is 23.7 Å². The zero-order valence-electron chi connectivity index (χ0n) is 15.4. The zero-order chi connectivity index (χ0) is 19.6. The first-order valence-electron chi connectivity index (χ1n) is 8.56. The zero-order valence-corrected chi connectivity index (χ0v) is 16.2. The molecule has 1 atom stereocenters. The summed E-state index contributed by atoms with van der Waals surface area (Å²) < 4.78 is 10.7. The Morgan fingerprint density at radius 3 is 2.52 bits per heavy atom. The molecule has 2 aromatic carbocycles. The van der Waals surface area contributed by atoms with E-state index in [-0.39, 0.29) is 11.8 Å². The number of ether oxygens (including phenoxy) is 2. The third-order valence-electron chi connectivity index (χ3n) is 4.70. The topological polar surface area (TPSA) is 59.1 Å². The Hall–Kier alpha value is -2.73. The molecule has 142 valence electrons. The van der Waals surface area contributed by atoms with Crippen LogP contribution in [0.1, 0.15) is 17.3 Å². The highest BCUT2D eigenvalue weighted by molar-refractivity contribution is 6.33. The number of carbonyl (C=O) groups excluding carboxylic acids is 2. The second-order valence-corrected chi connectivity index (χ2v) is 6.59. The molecule has 0 aromatic heterocycles. The fourth-order valence-corrected chi connectivity index (χ4v) is 3.40. The van der Waals surface area contributed by atoms with Crippen LogP contribution < -0.4 is 14.4 Å². The highest BCUT2D eigenvalue weighted by atomic mass is 35.5. The third kappa shape index (κ3) is 3.57. The Labute approximate surface area is 163 Å². The molecule has 6 nitrogen and oxygen atoms in total. The number of hydrogen-bond acceptors (Lipinski definition) is 4. The second-order valence-electron chi connectivity index (χ2n) is 6.18. The van der Waals surface area contributed by atoms with E-state index in [1.807, 2.05) is 0 Å². The molecule has 0 spiro atoms. The molecule has 2 amide bonds. The average molecular weight is 389 g/mol. The molecule has 1 aliphatic heterocycles. The van der Waals surface area contributed by atoms with Gasteiger partial charge in [-0.15, -0.1) is 0 Å². The summed E-state index contributed by atoms with van der Waals surface area (Å²) in [5, 5.41) is 0.374. The number of anilines is 1. The van der Waals surface area contributed by atoms with Gasteiger partial charge < -0.3 is 19.3 Å². The lowest BCUT2D eigenvalue weighted by molar-refractivity contribution is -0.124. The lowest BCUT2D eigenvalue weighted by atomic mass is 10.1. The van der Waals surface area contributed by atoms with E-state index in [0.29, 0.717) is 40.9 Å². The lowest BCUT2D eigenvalue weighted by Gasteiger charge is -2.39. The smallest absolute Gasteiger partial charge is 0.256 e. The van der Waals surface area contributed by atoms with Gasteiger partial charge in [0, 0.05) is 19.2 Å². The Balaban J connectivity index is 1.87. The molecule has 2 aromatic rings. The molecule has 3 rings (SSSR count). The van der Waals surface area contributed by atoms with Crippen molar-refractivity contribution in [2.75, 3.05) is 32.2 Å². The van der Waals surface area contributed by atoms with Crippen molar-refractivity contribution in [1.82, 2.24) is 4.90 Å². The highest BCUT2D eigenvalue weighted by Gasteiger charge is 2.36. The standard InChI is InChI=1S/C20H21ClN2O4/c1-13-19(24)23(17-12-14(26-2)8-9-18(17)27-3)11-10-22(13)20(25)15-6-4-5-7-16(15)21/h4-9,12-13H,10-11H2,1-3H3. The van der Waals surface area contributed by atoms with Crippen molar-refractivity contribution in [2.45, 2.75) is 13.0 Å². The van der Waals surface area contributed by atoms with Gasteiger partial charge in [0.05, 0.1) is 30.5 Å². The van der Waals surface area contributed by atoms with Crippen molar-refractivity contribution >= 4 is 29.1 Å². The first-order valence-corrected chi connectivity index (χ1v) is 8.94. The number of rotatable bonds is 4. The van der Waals surface area contributed by atoms with Crippen molar-refractivity contribution in [3.8, 4) is 11.5 Å². The van der Waals surface area contributed by atoms with E-state index in [1.165, 1.54) is 0 Å². The maximum absolute atomic E-state index is 13.0. The molecule has 1 aliphatic rings. The SMILES string of the molecule is COc1ccc(OC)c(N2CCN(C(=O)c3ccccc3Cl)C(C)C2=O)c1. The number of hydrogen-bond donors (Lipinski definition) is 0. The van der Waals surface area contributed by atoms with Crippen LogP contribution in [-0.4, -0.2) is 50.1 Å². The number of benzene rings is 2. The summed E-state index contributed by atoms with van der Waals surface area (Å²) in [6.07, 6.45) is 0. The minimum absolute atomic E-state index is 0.187. The molecule has 7 heteroatoms. The van der Waals surface area contributed by atoms with Crippen LogP contribution >= 0.6 is 11.6 Å². The molecule has 0 radical (unpaired) electrons. The van der Waals surface area contributed by atoms with Crippen LogP contribution in [-0.2, 0) is 4.79 Å². The van der Waals surface area contributed by atoms with Crippen LogP contribution in [0.4, 0.5) is 5.69 Å². The number of methoxy groups -OCH3 is 2. The quantitative estimate of drug-likeness (QED) is 0.806. The summed E-state index contributed by atoms with van der Waals surface area (Å²) in [4.78, 5) is 29.1. The van der Waals surface area contributed by atoms with E-state index in [9.17, 15) is 9.59 Å². The van der Waals surface area contributed by atoms with Crippen LogP contribution in [0.2, 0.25) is 5.02 Å². The largest absolute Gasteiger partial charge is 0.497 e. The van der Waals surface area contributed by atoms with Crippen LogP contribution in [0.3, 0.4) is 0 Å². The van der Waals surface area contributed by atoms with Crippen LogP contribution in [0.25, 0.3) is 0 Å². The lowest BCUT2D eigenvalue weighted by Crippen LogP contribution is -2.57. The van der Waals surface area contributed by atoms with E-state index in [4.69, 9.17) is 21.1 Å². The molecule has 1 fully saturated rings. The summed E-state index contributed by atoms with van der Waals surface area (Å²) in [5.41, 5.74) is 1.02. The Bertz CT molecular complexity index is 871. The van der Waals surface area contributed by atoms with Gasteiger partial charge in [0.2, 0.25) is 5.91 Å². The van der Waals surface area contributed by atoms with Gasteiger partial charge in [-0.05, 0) is 31.2 Å². The van der Waals surface area contributed by atoms with Crippen molar-refractivity contribution in [3.63, 3.8) is 0 Å². The second kappa shape index (κ2) is 7.88. The first-order chi connectivity index (χ1) is 13.0. The Kier molecular flexibility index (Phi) is 5.56. The molecule has 1 saturated heterocycles. The number of piperazine rings is 1. The average Bonchev–Trinajstić information content (AvgIpc) is 2.69. The molecular formula is C20H21ClN2O4. The van der Waals surface area contributed by atoms with Crippen molar-refractivity contribution in [3.05, 3.63) is 53.1 Å². The summed E-state index contributed by atoms with van der Waals surface area (Å²) >= 11 is 6.15. The third-order valence-corrected chi connectivity index (χ3v) is 5.03. The van der Waals surface area contributed by atoms with Crippen molar-refractivity contribution < 1.29 is 19.1 Å². The highest BCUT2D eigenvalue weighted by Crippen LogP contribution is 2.34. The summed E-state index contributed by atoms with van der Waals surface area (Å²) in [6, 6.07) is 11.5. The van der Waals surface area contributed by atoms with Gasteiger partial charge in [-0.25, -0.2) is 0 Å². The molecule has 0 bridgehead atoms. The monoisotopic (exact) mass is 388 g/mol. The molecule has 1 unspecified atom stereocenters. The van der Waals surface area contributed by atoms with E-state index in [2.05, 4.69) is 0 Å². The molecule has 0 N–H and O–H groups in total. The summed E-state index contributed by atoms with van der Waals surface area (Å²) in [6.45, 7) is 2.45. The predicted molar refractivity (Wildman–Crippen MR) is 104 cm³/mol. The van der Waals surface area contributed by atoms with Gasteiger partial charge in [-0.2, -0.15) is 0 Å². The Morgan fingerprint density at radius 1 is 1.11 bits per heavy atom. The maximum atomic E-state index is 13.0. The van der Waals surface area contributed by atoms with E-state index < -0.39 is 6.04 Å². The summed E-state index contributed by atoms with van der Waals surface area (Å²) in [5.74, 6) is 0.759. The predicted octanol–water partition coefficient (Wildman–Crippen LogP) is 3.23. The van der Waals surface area contributed by atoms with Gasteiger partial charge in [0.1, 0.15) is 17.5 Å². The molecule has 0 saturated carbocycles. The minimum atomic E-state index is -0.626. The number of amides is 2. The fourth-order valence-electron chi connectivity index (χ4n) is 3.18. The molecular weight excluding hydrogens is 368 g/mol. The number of nitrogens with zero attached hydrogens (tertiary/aromatic N) is 2. The number of carbonyl (C=O) groups is 2. The van der Waals surface area contributed by atoms with E-state index in [0.717, 1.165) is 0 Å². The van der Waals surface area contributed by atoms with Crippen molar-refractivity contribution in [2.24, 2.45) is 0 Å².